The lowest BCUT2D eigenvalue weighted by molar-refractivity contribution is 0.112. The summed E-state index contributed by atoms with van der Waals surface area (Å²) in [5.74, 6) is 6.78. The monoisotopic (exact) mass is 356 g/mol. The molecular formula is C20H28N4O2. The number of nitrogen functional groups attached to an aromatic ring is 1. The molecule has 2 aromatic rings. The van der Waals surface area contributed by atoms with Crippen LogP contribution < -0.4 is 21.3 Å². The summed E-state index contributed by atoms with van der Waals surface area (Å²) in [4.78, 5) is 13.1. The molecule has 1 heterocycles. The Balaban J connectivity index is 0.000000290. The molecule has 0 radical (unpaired) electrons. The first-order chi connectivity index (χ1) is 12.5. The van der Waals surface area contributed by atoms with Crippen molar-refractivity contribution in [1.82, 2.24) is 4.90 Å². The van der Waals surface area contributed by atoms with Crippen LogP contribution in [0.3, 0.4) is 0 Å². The maximum absolute atomic E-state index is 10.7. The van der Waals surface area contributed by atoms with Gasteiger partial charge in [-0.2, -0.15) is 0 Å². The van der Waals surface area contributed by atoms with Gasteiger partial charge in [0.1, 0.15) is 12.0 Å². The van der Waals surface area contributed by atoms with Gasteiger partial charge in [0, 0.05) is 5.56 Å². The summed E-state index contributed by atoms with van der Waals surface area (Å²) in [6.07, 6.45) is 5.02. The largest absolute Gasteiger partial charge is 0.497 e. The van der Waals surface area contributed by atoms with Crippen LogP contribution in [0.25, 0.3) is 0 Å². The molecule has 1 aliphatic heterocycles. The van der Waals surface area contributed by atoms with Gasteiger partial charge < -0.3 is 15.4 Å². The fraction of sp³-hybridized carbons (Fsp3) is 0.350. The highest BCUT2D eigenvalue weighted by Crippen LogP contribution is 2.29. The number of likely N-dealkylation sites (tertiary alicyclic amines) is 1. The Kier molecular flexibility index (Phi) is 7.44. The fourth-order valence-electron chi connectivity index (χ4n) is 2.80. The Hall–Kier alpha value is -2.57. The first kappa shape index (κ1) is 19.8. The molecule has 3 rings (SSSR count). The third kappa shape index (κ3) is 5.47. The van der Waals surface area contributed by atoms with E-state index in [9.17, 15) is 4.79 Å². The molecule has 1 aliphatic rings. The zero-order valence-electron chi connectivity index (χ0n) is 15.5. The van der Waals surface area contributed by atoms with E-state index in [1.165, 1.54) is 37.4 Å². The van der Waals surface area contributed by atoms with Crippen molar-refractivity contribution in [3.05, 3.63) is 48.0 Å². The third-order valence-electron chi connectivity index (χ3n) is 4.38. The van der Waals surface area contributed by atoms with Crippen molar-refractivity contribution < 1.29 is 9.53 Å². The number of piperidine rings is 1. The van der Waals surface area contributed by atoms with Crippen molar-refractivity contribution in [3.63, 3.8) is 0 Å². The van der Waals surface area contributed by atoms with E-state index in [1.54, 1.807) is 25.3 Å². The summed E-state index contributed by atoms with van der Waals surface area (Å²) in [6, 6.07) is 12.2. The highest BCUT2D eigenvalue weighted by molar-refractivity contribution is 5.82. The molecule has 2 aromatic carbocycles. The highest BCUT2D eigenvalue weighted by atomic mass is 16.5. The molecule has 140 valence electrons. The molecule has 26 heavy (non-hydrogen) atoms. The number of anilines is 3. The van der Waals surface area contributed by atoms with E-state index < -0.39 is 0 Å². The lowest BCUT2D eigenvalue weighted by atomic mass is 10.1. The molecule has 1 saturated heterocycles. The minimum atomic E-state index is 0.447. The number of rotatable bonds is 4. The average molecular weight is 356 g/mol. The summed E-state index contributed by atoms with van der Waals surface area (Å²) < 4.78 is 5.09. The van der Waals surface area contributed by atoms with Crippen molar-refractivity contribution in [2.24, 2.45) is 5.84 Å². The molecule has 0 atom stereocenters. The Morgan fingerprint density at radius 1 is 1.08 bits per heavy atom. The Labute approximate surface area is 155 Å². The van der Waals surface area contributed by atoms with Crippen LogP contribution in [-0.2, 0) is 0 Å². The van der Waals surface area contributed by atoms with E-state index in [0.29, 0.717) is 16.9 Å². The van der Waals surface area contributed by atoms with Gasteiger partial charge in [-0.3, -0.25) is 9.80 Å². The smallest absolute Gasteiger partial charge is 0.150 e. The van der Waals surface area contributed by atoms with Gasteiger partial charge in [0.15, 0.2) is 0 Å². The zero-order valence-corrected chi connectivity index (χ0v) is 15.5. The first-order valence-electron chi connectivity index (χ1n) is 8.77. The number of ether oxygens (including phenoxy) is 1. The lowest BCUT2D eigenvalue weighted by Crippen LogP contribution is -2.25. The first-order valence-corrected chi connectivity index (χ1v) is 8.77. The molecule has 0 amide bonds. The quantitative estimate of drug-likeness (QED) is 0.379. The van der Waals surface area contributed by atoms with Crippen LogP contribution >= 0.6 is 0 Å². The van der Waals surface area contributed by atoms with Crippen LogP contribution in [0.5, 0.6) is 5.75 Å². The van der Waals surface area contributed by atoms with Crippen molar-refractivity contribution in [2.75, 3.05) is 38.0 Å². The second-order valence-corrected chi connectivity index (χ2v) is 6.37. The minimum absolute atomic E-state index is 0.447. The number of methoxy groups -OCH3 is 1. The molecule has 1 fully saturated rings. The second-order valence-electron chi connectivity index (χ2n) is 6.37. The van der Waals surface area contributed by atoms with Crippen LogP contribution in [0.1, 0.15) is 29.6 Å². The number of aldehydes is 1. The summed E-state index contributed by atoms with van der Waals surface area (Å²) in [5.41, 5.74) is 8.26. The maximum atomic E-state index is 10.7. The average Bonchev–Trinajstić information content (AvgIpc) is 2.68. The molecule has 0 aromatic heterocycles. The summed E-state index contributed by atoms with van der Waals surface area (Å²) >= 11 is 0. The van der Waals surface area contributed by atoms with Gasteiger partial charge in [-0.05, 0) is 75.4 Å². The van der Waals surface area contributed by atoms with Crippen molar-refractivity contribution in [1.29, 1.82) is 0 Å². The predicted octanol–water partition coefficient (Wildman–Crippen LogP) is 3.20. The van der Waals surface area contributed by atoms with Gasteiger partial charge in [0.25, 0.3) is 0 Å². The van der Waals surface area contributed by atoms with E-state index >= 15 is 0 Å². The number of hydrazine groups is 1. The number of carbonyl (C=O) groups is 1. The van der Waals surface area contributed by atoms with Crippen LogP contribution in [0, 0.1) is 0 Å². The number of nitrogens with two attached hydrogens (primary N) is 2. The maximum Gasteiger partial charge on any atom is 0.150 e. The minimum Gasteiger partial charge on any atom is -0.497 e. The Morgan fingerprint density at radius 3 is 2.19 bits per heavy atom. The number of hydrogen-bond acceptors (Lipinski definition) is 6. The van der Waals surface area contributed by atoms with Gasteiger partial charge in [0.05, 0.1) is 24.2 Å². The van der Waals surface area contributed by atoms with Crippen LogP contribution in [-0.4, -0.2) is 38.4 Å². The lowest BCUT2D eigenvalue weighted by Gasteiger charge is -2.20. The highest BCUT2D eigenvalue weighted by Gasteiger charge is 2.09. The van der Waals surface area contributed by atoms with Crippen LogP contribution in [0.2, 0.25) is 0 Å². The van der Waals surface area contributed by atoms with E-state index in [0.717, 1.165) is 17.7 Å². The third-order valence-corrected chi connectivity index (χ3v) is 4.38. The molecule has 6 heteroatoms. The molecule has 0 bridgehead atoms. The number of carbonyl (C=O) groups excluding carboxylic acids is 1. The van der Waals surface area contributed by atoms with Gasteiger partial charge >= 0.3 is 0 Å². The molecule has 0 spiro atoms. The van der Waals surface area contributed by atoms with Gasteiger partial charge in [-0.1, -0.05) is 6.42 Å². The molecule has 6 nitrogen and oxygen atoms in total. The second kappa shape index (κ2) is 9.79. The van der Waals surface area contributed by atoms with Crippen molar-refractivity contribution >= 4 is 23.3 Å². The normalized spacial score (nSPS) is 14.1. The predicted molar refractivity (Wildman–Crippen MR) is 107 cm³/mol. The van der Waals surface area contributed by atoms with E-state index in [1.807, 2.05) is 24.3 Å². The zero-order chi connectivity index (χ0) is 18.9. The van der Waals surface area contributed by atoms with E-state index in [2.05, 4.69) is 11.9 Å². The fourth-order valence-corrected chi connectivity index (χ4v) is 2.80. The number of hydrogen-bond donors (Lipinski definition) is 2. The molecule has 0 aliphatic carbocycles. The Morgan fingerprint density at radius 2 is 1.73 bits per heavy atom. The number of benzene rings is 2. The number of nitrogens with zero attached hydrogens (tertiary/aromatic N) is 2. The molecular weight excluding hydrogens is 328 g/mol. The summed E-state index contributed by atoms with van der Waals surface area (Å²) in [7, 11) is 3.80. The SMILES string of the molecule is CN1CCCCC1.COc1ccc(N(N)c2ccc(C=O)cc2N)cc1. The van der Waals surface area contributed by atoms with Crippen LogP contribution in [0.4, 0.5) is 17.1 Å². The summed E-state index contributed by atoms with van der Waals surface area (Å²) in [5, 5.41) is 1.46. The van der Waals surface area contributed by atoms with E-state index in [4.69, 9.17) is 16.3 Å². The molecule has 0 saturated carbocycles. The Bertz CT molecular complexity index is 697. The van der Waals surface area contributed by atoms with Crippen molar-refractivity contribution in [3.8, 4) is 5.75 Å². The van der Waals surface area contributed by atoms with Gasteiger partial charge in [-0.25, -0.2) is 5.84 Å². The van der Waals surface area contributed by atoms with E-state index in [-0.39, 0.29) is 0 Å². The van der Waals surface area contributed by atoms with Gasteiger partial charge in [0.2, 0.25) is 0 Å². The topological polar surface area (TPSA) is 84.8 Å². The van der Waals surface area contributed by atoms with Gasteiger partial charge in [-0.15, -0.1) is 0 Å². The molecule has 4 N–H and O–H groups in total. The van der Waals surface area contributed by atoms with Crippen LogP contribution in [0.15, 0.2) is 42.5 Å². The summed E-state index contributed by atoms with van der Waals surface area (Å²) in [6.45, 7) is 2.64. The van der Waals surface area contributed by atoms with Crippen molar-refractivity contribution in [2.45, 2.75) is 19.3 Å². The standard InChI is InChI=1S/C14H15N3O2.C6H13N/c1-19-12-5-3-11(4-6-12)17(16)14-7-2-10(9-18)8-13(14)15;1-7-5-3-2-4-6-7/h2-9H,15-16H2,1H3;2-6H2,1H3. The molecule has 0 unspecified atom stereocenters.